The van der Waals surface area contributed by atoms with Crippen LogP contribution in [0.25, 0.3) is 0 Å². The van der Waals surface area contributed by atoms with Crippen molar-refractivity contribution in [2.24, 2.45) is 0 Å². The van der Waals surface area contributed by atoms with Crippen LogP contribution in [0.4, 0.5) is 0 Å². The Bertz CT molecular complexity index is 94.6. The van der Waals surface area contributed by atoms with Crippen LogP contribution >= 0.6 is 0 Å². The van der Waals surface area contributed by atoms with Gasteiger partial charge >= 0.3 is 7.98 Å². The van der Waals surface area contributed by atoms with E-state index in [2.05, 4.69) is 0 Å². The molecule has 0 bridgehead atoms. The van der Waals surface area contributed by atoms with Gasteiger partial charge in [0.15, 0.2) is 0 Å². The molecule has 0 fully saturated rings. The summed E-state index contributed by atoms with van der Waals surface area (Å²) in [5.74, 6) is 0. The molecular formula is C5H6BN+. The Morgan fingerprint density at radius 3 is 2.14 bits per heavy atom. The molecule has 0 aromatic heterocycles. The SMILES string of the molecule is [B][N+]1C=CCC=C1. The van der Waals surface area contributed by atoms with Crippen LogP contribution in [0, 0.1) is 0 Å². The fraction of sp³-hybridized carbons (Fsp3) is 0.200. The quantitative estimate of drug-likeness (QED) is 0.386. The zero-order valence-electron chi connectivity index (χ0n) is 4.04. The maximum atomic E-state index is 5.29. The molecule has 1 nitrogen and oxygen atoms in total. The van der Waals surface area contributed by atoms with Crippen molar-refractivity contribution in [3.63, 3.8) is 0 Å². The Hall–Kier alpha value is -0.495. The van der Waals surface area contributed by atoms with Crippen LogP contribution in [0.15, 0.2) is 24.6 Å². The van der Waals surface area contributed by atoms with Crippen LogP contribution in [0.5, 0.6) is 0 Å². The van der Waals surface area contributed by atoms with E-state index in [0.717, 1.165) is 6.42 Å². The first-order chi connectivity index (χ1) is 3.39. The van der Waals surface area contributed by atoms with Crippen molar-refractivity contribution in [2.45, 2.75) is 6.42 Å². The summed E-state index contributed by atoms with van der Waals surface area (Å²) in [6.07, 6.45) is 8.67. The van der Waals surface area contributed by atoms with Crippen LogP contribution in [-0.2, 0) is 0 Å². The van der Waals surface area contributed by atoms with Crippen LogP contribution < -0.4 is 4.81 Å². The zero-order chi connectivity index (χ0) is 5.11. The Kier molecular flexibility index (Phi) is 1.32. The molecule has 1 aliphatic rings. The summed E-state index contributed by atoms with van der Waals surface area (Å²) >= 11 is 0. The summed E-state index contributed by atoms with van der Waals surface area (Å²) in [5, 5.41) is 0. The van der Waals surface area contributed by atoms with E-state index in [0.29, 0.717) is 0 Å². The average molecular weight is 90.9 g/mol. The molecule has 33 valence electrons. The highest BCUT2D eigenvalue weighted by molar-refractivity contribution is 6.08. The number of rotatable bonds is 0. The topological polar surface area (TPSA) is 5.90 Å². The second kappa shape index (κ2) is 1.98. The zero-order valence-corrected chi connectivity index (χ0v) is 4.04. The molecule has 0 saturated heterocycles. The van der Waals surface area contributed by atoms with Crippen molar-refractivity contribution >= 4 is 7.98 Å². The van der Waals surface area contributed by atoms with Gasteiger partial charge in [-0.2, -0.15) is 4.81 Å². The summed E-state index contributed by atoms with van der Waals surface area (Å²) in [6.45, 7) is 0. The molecule has 0 aromatic carbocycles. The van der Waals surface area contributed by atoms with Gasteiger partial charge in [0.05, 0.1) is 0 Å². The highest BCUT2D eigenvalue weighted by atomic mass is 15.0. The summed E-state index contributed by atoms with van der Waals surface area (Å²) in [5.41, 5.74) is 0. The predicted octanol–water partition coefficient (Wildman–Crippen LogP) is 0.641. The number of hydrogen-bond donors (Lipinski definition) is 0. The van der Waals surface area contributed by atoms with Gasteiger partial charge in [0.2, 0.25) is 0 Å². The summed E-state index contributed by atoms with van der Waals surface area (Å²) in [6, 6.07) is 0. The van der Waals surface area contributed by atoms with E-state index in [1.54, 1.807) is 0 Å². The Labute approximate surface area is 44.7 Å². The Morgan fingerprint density at radius 1 is 1.29 bits per heavy atom. The van der Waals surface area contributed by atoms with Crippen molar-refractivity contribution in [1.29, 1.82) is 0 Å². The van der Waals surface area contributed by atoms with Gasteiger partial charge in [-0.05, 0) is 18.6 Å². The van der Waals surface area contributed by atoms with Gasteiger partial charge in [0.25, 0.3) is 0 Å². The van der Waals surface area contributed by atoms with E-state index in [1.165, 1.54) is 4.81 Å². The lowest BCUT2D eigenvalue weighted by Gasteiger charge is -1.94. The predicted molar refractivity (Wildman–Crippen MR) is 30.8 cm³/mol. The normalized spacial score (nSPS) is 20.6. The van der Waals surface area contributed by atoms with Crippen LogP contribution in [0.3, 0.4) is 0 Å². The molecule has 0 amide bonds. The lowest BCUT2D eigenvalue weighted by molar-refractivity contribution is 0.982. The van der Waals surface area contributed by atoms with E-state index in [4.69, 9.17) is 7.98 Å². The molecule has 0 N–H and O–H groups in total. The Morgan fingerprint density at radius 2 is 1.86 bits per heavy atom. The molecule has 7 heavy (non-hydrogen) atoms. The number of hydrogen-bond acceptors (Lipinski definition) is 1. The van der Waals surface area contributed by atoms with Gasteiger partial charge in [-0.15, -0.1) is 0 Å². The molecular weight excluding hydrogens is 84.9 g/mol. The van der Waals surface area contributed by atoms with E-state index < -0.39 is 0 Å². The maximum Gasteiger partial charge on any atom is 0.548 e. The minimum atomic E-state index is 1.01. The molecule has 0 saturated carbocycles. The third-order valence-electron chi connectivity index (χ3n) is 0.827. The fourth-order valence-corrected chi connectivity index (χ4v) is 0.493. The summed E-state index contributed by atoms with van der Waals surface area (Å²) in [7, 11) is 5.29. The van der Waals surface area contributed by atoms with E-state index >= 15 is 0 Å². The number of allylic oxidation sites excluding steroid dienone is 2. The molecule has 0 unspecified atom stereocenters. The first kappa shape index (κ1) is 4.66. The first-order valence-electron chi connectivity index (χ1n) is 2.26. The van der Waals surface area contributed by atoms with E-state index in [1.807, 2.05) is 24.6 Å². The van der Waals surface area contributed by atoms with Gasteiger partial charge in [0, 0.05) is 0 Å². The van der Waals surface area contributed by atoms with Crippen molar-refractivity contribution < 1.29 is 0 Å². The third kappa shape index (κ3) is 1.20. The summed E-state index contributed by atoms with van der Waals surface area (Å²) < 4.78 is 0. The lowest BCUT2D eigenvalue weighted by atomic mass is 10.2. The van der Waals surface area contributed by atoms with Gasteiger partial charge in [0.1, 0.15) is 12.4 Å². The van der Waals surface area contributed by atoms with Gasteiger partial charge in [-0.25, -0.2) is 0 Å². The van der Waals surface area contributed by atoms with Crippen molar-refractivity contribution in [3.8, 4) is 0 Å². The largest absolute Gasteiger partial charge is 0.548 e. The monoisotopic (exact) mass is 91.1 g/mol. The molecule has 0 aliphatic carbocycles. The van der Waals surface area contributed by atoms with E-state index in [9.17, 15) is 0 Å². The molecule has 2 heteroatoms. The van der Waals surface area contributed by atoms with Gasteiger partial charge in [-0.3, -0.25) is 0 Å². The molecule has 1 aliphatic heterocycles. The molecule has 1 rings (SSSR count). The third-order valence-corrected chi connectivity index (χ3v) is 0.827. The second-order valence-electron chi connectivity index (χ2n) is 1.45. The second-order valence-corrected chi connectivity index (χ2v) is 1.45. The van der Waals surface area contributed by atoms with Crippen LogP contribution in [-0.4, -0.2) is 7.98 Å². The van der Waals surface area contributed by atoms with Crippen LogP contribution in [0.1, 0.15) is 6.42 Å². The average Bonchev–Trinajstić information content (AvgIpc) is 1.69. The van der Waals surface area contributed by atoms with Crippen molar-refractivity contribution in [2.75, 3.05) is 0 Å². The Balaban J connectivity index is 2.49. The van der Waals surface area contributed by atoms with Crippen molar-refractivity contribution in [3.05, 3.63) is 24.6 Å². The molecule has 0 spiro atoms. The first-order valence-corrected chi connectivity index (χ1v) is 2.26. The summed E-state index contributed by atoms with van der Waals surface area (Å²) in [4.78, 5) is 1.53. The lowest BCUT2D eigenvalue weighted by Crippen LogP contribution is -2.11. The molecule has 0 aromatic rings. The smallest absolute Gasteiger partial charge is 0.195 e. The highest BCUT2D eigenvalue weighted by Gasteiger charge is 1.98. The standard InChI is InChI=1S/C5H6BN/c6-7-4-2-1-3-5-7/h2-5H,1H2/q+1. The van der Waals surface area contributed by atoms with Crippen molar-refractivity contribution in [1.82, 2.24) is 4.81 Å². The minimum Gasteiger partial charge on any atom is -0.195 e. The maximum absolute atomic E-state index is 5.29. The highest BCUT2D eigenvalue weighted by Crippen LogP contribution is 1.93. The molecule has 1 heterocycles. The number of nitrogens with zero attached hydrogens (tertiary/aromatic N) is 1. The van der Waals surface area contributed by atoms with Gasteiger partial charge in [-0.1, -0.05) is 0 Å². The minimum absolute atomic E-state index is 1.01. The molecule has 3 radical (unpaired) electrons. The molecule has 0 atom stereocenters. The van der Waals surface area contributed by atoms with Gasteiger partial charge < -0.3 is 0 Å². The van der Waals surface area contributed by atoms with Crippen LogP contribution in [0.2, 0.25) is 0 Å². The fourth-order valence-electron chi connectivity index (χ4n) is 0.493. The van der Waals surface area contributed by atoms with E-state index in [-0.39, 0.29) is 0 Å².